The lowest BCUT2D eigenvalue weighted by atomic mass is 10.1. The summed E-state index contributed by atoms with van der Waals surface area (Å²) in [6.07, 6.45) is 1.29. The molecule has 2 aromatic rings. The van der Waals surface area contributed by atoms with Crippen molar-refractivity contribution < 1.29 is 4.79 Å². The van der Waals surface area contributed by atoms with E-state index in [0.717, 1.165) is 5.56 Å². The first-order valence-electron chi connectivity index (χ1n) is 7.59. The zero-order chi connectivity index (χ0) is 16.1. The highest BCUT2D eigenvalue weighted by Gasteiger charge is 2.17. The fourth-order valence-electron chi connectivity index (χ4n) is 2.39. The number of amides is 1. The van der Waals surface area contributed by atoms with Crippen LogP contribution in [0, 0.1) is 0 Å². The second kappa shape index (κ2) is 8.13. The van der Waals surface area contributed by atoms with Gasteiger partial charge < -0.3 is 5.32 Å². The maximum atomic E-state index is 12.3. The predicted molar refractivity (Wildman–Crippen MR) is 101 cm³/mol. The summed E-state index contributed by atoms with van der Waals surface area (Å²) in [5.41, 5.74) is 2.91. The van der Waals surface area contributed by atoms with E-state index in [4.69, 9.17) is 11.6 Å². The monoisotopic (exact) mass is 363 g/mol. The minimum atomic E-state index is -0.0691. The van der Waals surface area contributed by atoms with E-state index in [0.29, 0.717) is 21.7 Å². The summed E-state index contributed by atoms with van der Waals surface area (Å²) in [5.74, 6) is 2.37. The third-order valence-electron chi connectivity index (χ3n) is 3.67. The Bertz CT molecular complexity index is 669. The highest BCUT2D eigenvalue weighted by Crippen LogP contribution is 2.43. The standard InChI is InChI=1S/C18H18ClNOS2/c19-16-5-2-1-4-15(16)12-20-17(21)13-6-8-14(9-7-13)18-22-10-3-11-23-18/h1-2,4-9,18H,3,10-12H2,(H,20,21). The normalized spacial score (nSPS) is 15.3. The zero-order valence-corrected chi connectivity index (χ0v) is 15.0. The van der Waals surface area contributed by atoms with Crippen LogP contribution >= 0.6 is 35.1 Å². The molecule has 0 radical (unpaired) electrons. The van der Waals surface area contributed by atoms with Crippen LogP contribution in [-0.4, -0.2) is 17.4 Å². The van der Waals surface area contributed by atoms with Crippen LogP contribution in [-0.2, 0) is 6.54 Å². The van der Waals surface area contributed by atoms with Crippen LogP contribution in [0.5, 0.6) is 0 Å². The average Bonchev–Trinajstić information content (AvgIpc) is 2.62. The van der Waals surface area contributed by atoms with Gasteiger partial charge in [0.2, 0.25) is 0 Å². The molecule has 1 fully saturated rings. The third-order valence-corrected chi connectivity index (χ3v) is 7.05. The van der Waals surface area contributed by atoms with Crippen LogP contribution in [0.3, 0.4) is 0 Å². The van der Waals surface area contributed by atoms with Crippen molar-refractivity contribution in [2.45, 2.75) is 17.5 Å². The van der Waals surface area contributed by atoms with Gasteiger partial charge >= 0.3 is 0 Å². The van der Waals surface area contributed by atoms with E-state index < -0.39 is 0 Å². The Morgan fingerprint density at radius 1 is 1.09 bits per heavy atom. The number of rotatable bonds is 4. The number of hydrogen-bond acceptors (Lipinski definition) is 3. The molecule has 23 heavy (non-hydrogen) atoms. The van der Waals surface area contributed by atoms with Gasteiger partial charge in [0.25, 0.3) is 5.91 Å². The first kappa shape index (κ1) is 16.7. The second-order valence-electron chi connectivity index (χ2n) is 5.32. The fraction of sp³-hybridized carbons (Fsp3) is 0.278. The number of carbonyl (C=O) groups is 1. The third kappa shape index (κ3) is 4.46. The Balaban J connectivity index is 1.60. The van der Waals surface area contributed by atoms with Gasteiger partial charge in [-0.15, -0.1) is 23.5 Å². The average molecular weight is 364 g/mol. The molecule has 2 nitrogen and oxygen atoms in total. The lowest BCUT2D eigenvalue weighted by molar-refractivity contribution is 0.0951. The van der Waals surface area contributed by atoms with Gasteiger partial charge in [-0.1, -0.05) is 41.9 Å². The van der Waals surface area contributed by atoms with Gasteiger partial charge in [0.1, 0.15) is 0 Å². The summed E-state index contributed by atoms with van der Waals surface area (Å²) >= 11 is 10.1. The predicted octanol–water partition coefficient (Wildman–Crippen LogP) is 5.14. The molecule has 1 amide bonds. The first-order chi connectivity index (χ1) is 11.2. The van der Waals surface area contributed by atoms with Crippen molar-refractivity contribution in [1.29, 1.82) is 0 Å². The van der Waals surface area contributed by atoms with E-state index in [1.54, 1.807) is 0 Å². The molecule has 1 N–H and O–H groups in total. The Labute approximate surface area is 150 Å². The van der Waals surface area contributed by atoms with Crippen LogP contribution in [0.2, 0.25) is 5.02 Å². The molecule has 120 valence electrons. The molecule has 1 saturated heterocycles. The minimum Gasteiger partial charge on any atom is -0.348 e. The molecule has 0 spiro atoms. The van der Waals surface area contributed by atoms with Crippen LogP contribution in [0.15, 0.2) is 48.5 Å². The molecule has 0 unspecified atom stereocenters. The molecule has 0 saturated carbocycles. The van der Waals surface area contributed by atoms with Gasteiger partial charge in [0, 0.05) is 17.1 Å². The van der Waals surface area contributed by atoms with Crippen LogP contribution in [0.1, 0.15) is 32.5 Å². The van der Waals surface area contributed by atoms with Gasteiger partial charge in [0.05, 0.1) is 4.58 Å². The van der Waals surface area contributed by atoms with Crippen molar-refractivity contribution in [3.05, 3.63) is 70.2 Å². The Hall–Kier alpha value is -1.10. The van der Waals surface area contributed by atoms with Crippen molar-refractivity contribution in [1.82, 2.24) is 5.32 Å². The Morgan fingerprint density at radius 3 is 2.48 bits per heavy atom. The SMILES string of the molecule is O=C(NCc1ccccc1Cl)c1ccc(C2SCCCS2)cc1. The summed E-state index contributed by atoms with van der Waals surface area (Å²) in [4.78, 5) is 12.3. The highest BCUT2D eigenvalue weighted by molar-refractivity contribution is 8.16. The number of nitrogens with one attached hydrogen (secondary N) is 1. The van der Waals surface area contributed by atoms with Crippen molar-refractivity contribution in [2.75, 3.05) is 11.5 Å². The Morgan fingerprint density at radius 2 is 1.78 bits per heavy atom. The van der Waals surface area contributed by atoms with Crippen LogP contribution in [0.4, 0.5) is 0 Å². The molecule has 5 heteroatoms. The van der Waals surface area contributed by atoms with Crippen LogP contribution in [0.25, 0.3) is 0 Å². The molecule has 1 aliphatic heterocycles. The molecule has 2 aromatic carbocycles. The second-order valence-corrected chi connectivity index (χ2v) is 8.45. The minimum absolute atomic E-state index is 0.0691. The number of thioether (sulfide) groups is 2. The molecule has 1 heterocycles. The van der Waals surface area contributed by atoms with Gasteiger partial charge in [-0.3, -0.25) is 4.79 Å². The fourth-order valence-corrected chi connectivity index (χ4v) is 5.49. The summed E-state index contributed by atoms with van der Waals surface area (Å²) < 4.78 is 0.504. The maximum absolute atomic E-state index is 12.3. The maximum Gasteiger partial charge on any atom is 0.251 e. The molecule has 1 aliphatic rings. The van der Waals surface area contributed by atoms with Gasteiger partial charge in [-0.25, -0.2) is 0 Å². The number of halogens is 1. The van der Waals surface area contributed by atoms with E-state index in [1.165, 1.54) is 23.5 Å². The smallest absolute Gasteiger partial charge is 0.251 e. The van der Waals surface area contributed by atoms with Gasteiger partial charge in [-0.2, -0.15) is 0 Å². The highest BCUT2D eigenvalue weighted by atomic mass is 35.5. The largest absolute Gasteiger partial charge is 0.348 e. The van der Waals surface area contributed by atoms with E-state index >= 15 is 0 Å². The summed E-state index contributed by atoms with van der Waals surface area (Å²) in [7, 11) is 0. The van der Waals surface area contributed by atoms with Gasteiger partial charge in [0.15, 0.2) is 0 Å². The summed E-state index contributed by atoms with van der Waals surface area (Å²) in [6, 6.07) is 15.5. The molecule has 0 atom stereocenters. The van der Waals surface area contributed by atoms with E-state index in [1.807, 2.05) is 59.9 Å². The summed E-state index contributed by atoms with van der Waals surface area (Å²) in [5, 5.41) is 3.60. The van der Waals surface area contributed by atoms with E-state index in [9.17, 15) is 4.79 Å². The van der Waals surface area contributed by atoms with E-state index in [2.05, 4.69) is 17.4 Å². The zero-order valence-electron chi connectivity index (χ0n) is 12.6. The number of hydrogen-bond donors (Lipinski definition) is 1. The molecule has 0 bridgehead atoms. The van der Waals surface area contributed by atoms with Crippen molar-refractivity contribution in [2.24, 2.45) is 0 Å². The lowest BCUT2D eigenvalue weighted by Gasteiger charge is -2.21. The van der Waals surface area contributed by atoms with Crippen molar-refractivity contribution >= 4 is 41.0 Å². The molecule has 3 rings (SSSR count). The van der Waals surface area contributed by atoms with Crippen molar-refractivity contribution in [3.8, 4) is 0 Å². The molecular weight excluding hydrogens is 346 g/mol. The molecule has 0 aromatic heterocycles. The quantitative estimate of drug-likeness (QED) is 0.815. The number of carbonyl (C=O) groups excluding carboxylic acids is 1. The lowest BCUT2D eigenvalue weighted by Crippen LogP contribution is -2.22. The topological polar surface area (TPSA) is 29.1 Å². The summed E-state index contributed by atoms with van der Waals surface area (Å²) in [6.45, 7) is 0.439. The Kier molecular flexibility index (Phi) is 5.92. The van der Waals surface area contributed by atoms with E-state index in [-0.39, 0.29) is 5.91 Å². The first-order valence-corrected chi connectivity index (χ1v) is 10.1. The van der Waals surface area contributed by atoms with Crippen LogP contribution < -0.4 is 5.32 Å². The van der Waals surface area contributed by atoms with Crippen molar-refractivity contribution in [3.63, 3.8) is 0 Å². The molecule has 0 aliphatic carbocycles. The molecular formula is C18H18ClNOS2. The van der Waals surface area contributed by atoms with Gasteiger partial charge in [-0.05, 0) is 47.3 Å². The number of benzene rings is 2.